The molecule has 0 bridgehead atoms. The van der Waals surface area contributed by atoms with Crippen LogP contribution in [0, 0.1) is 21.7 Å². The van der Waals surface area contributed by atoms with Crippen molar-refractivity contribution >= 4 is 17.3 Å². The highest BCUT2D eigenvalue weighted by molar-refractivity contribution is 6.07. The molecule has 0 radical (unpaired) electrons. The number of carbonyl (C=O) groups is 3. The van der Waals surface area contributed by atoms with Gasteiger partial charge in [0.2, 0.25) is 0 Å². The van der Waals surface area contributed by atoms with Gasteiger partial charge in [-0.2, -0.15) is 0 Å². The van der Waals surface area contributed by atoms with E-state index in [0.717, 1.165) is 0 Å². The van der Waals surface area contributed by atoms with E-state index in [1.165, 1.54) is 0 Å². The molecule has 0 amide bonds. The van der Waals surface area contributed by atoms with Gasteiger partial charge in [-0.3, -0.25) is 14.4 Å². The Labute approximate surface area is 108 Å². The molecule has 3 nitrogen and oxygen atoms in total. The fourth-order valence-corrected chi connectivity index (χ4v) is 3.62. The molecule has 3 heteroatoms. The predicted molar refractivity (Wildman–Crippen MR) is 68.0 cm³/mol. The van der Waals surface area contributed by atoms with Crippen LogP contribution in [0.25, 0.3) is 0 Å². The Hall–Kier alpha value is -0.990. The number of hydrogen-bond donors (Lipinski definition) is 0. The lowest BCUT2D eigenvalue weighted by Gasteiger charge is -2.22. The summed E-state index contributed by atoms with van der Waals surface area (Å²) in [5.41, 5.74) is -2.18. The minimum atomic E-state index is -0.569. The van der Waals surface area contributed by atoms with Crippen molar-refractivity contribution in [3.8, 4) is 0 Å². The maximum absolute atomic E-state index is 12.7. The molecule has 0 aliphatic heterocycles. The third-order valence-corrected chi connectivity index (χ3v) is 6.16. The minimum absolute atomic E-state index is 0.0760. The van der Waals surface area contributed by atoms with E-state index in [2.05, 4.69) is 0 Å². The predicted octanol–water partition coefficient (Wildman–Crippen LogP) is 2.57. The van der Waals surface area contributed by atoms with Gasteiger partial charge in [0.05, 0.1) is 0 Å². The summed E-state index contributed by atoms with van der Waals surface area (Å²) in [5.74, 6) is 0.254. The highest BCUT2D eigenvalue weighted by Gasteiger charge is 2.77. The van der Waals surface area contributed by atoms with Crippen molar-refractivity contribution in [1.29, 1.82) is 0 Å². The van der Waals surface area contributed by atoms with E-state index in [-0.39, 0.29) is 17.3 Å². The molecule has 100 valence electrons. The standard InChI is InChI=1S/C15H22O3/c1-9(16)12(3)7-14(12,5)11(18)15(6)8-13(15,4)10(2)17/h7-8H2,1-6H3. The van der Waals surface area contributed by atoms with Crippen LogP contribution in [0.1, 0.15) is 54.4 Å². The van der Waals surface area contributed by atoms with Crippen molar-refractivity contribution in [2.45, 2.75) is 54.4 Å². The van der Waals surface area contributed by atoms with Crippen LogP contribution < -0.4 is 0 Å². The zero-order valence-corrected chi connectivity index (χ0v) is 12.1. The summed E-state index contributed by atoms with van der Waals surface area (Å²) >= 11 is 0. The van der Waals surface area contributed by atoms with Crippen molar-refractivity contribution < 1.29 is 14.4 Å². The van der Waals surface area contributed by atoms with Gasteiger partial charge < -0.3 is 0 Å². The summed E-state index contributed by atoms with van der Waals surface area (Å²) in [5, 5.41) is 0. The largest absolute Gasteiger partial charge is 0.299 e. The Kier molecular flexibility index (Phi) is 2.33. The summed E-state index contributed by atoms with van der Waals surface area (Å²) < 4.78 is 0. The number of rotatable bonds is 4. The second kappa shape index (κ2) is 3.12. The number of Topliss-reactive ketones (excluding diaryl/α,β-unsaturated/α-hetero) is 3. The van der Waals surface area contributed by atoms with Crippen molar-refractivity contribution in [3.05, 3.63) is 0 Å². The quantitative estimate of drug-likeness (QED) is 0.770. The number of ketones is 3. The summed E-state index contributed by atoms with van der Waals surface area (Å²) in [4.78, 5) is 36.1. The fourth-order valence-electron chi connectivity index (χ4n) is 3.62. The Morgan fingerprint density at radius 3 is 1.11 bits per heavy atom. The average molecular weight is 250 g/mol. The molecule has 0 heterocycles. The first-order valence-corrected chi connectivity index (χ1v) is 6.53. The first-order chi connectivity index (χ1) is 7.96. The van der Waals surface area contributed by atoms with E-state index in [4.69, 9.17) is 0 Å². The maximum atomic E-state index is 12.7. The number of carbonyl (C=O) groups excluding carboxylic acids is 3. The van der Waals surface area contributed by atoms with Crippen LogP contribution in [-0.4, -0.2) is 17.3 Å². The van der Waals surface area contributed by atoms with Gasteiger partial charge in [0.1, 0.15) is 17.3 Å². The second-order valence-electron chi connectivity index (χ2n) is 7.12. The summed E-state index contributed by atoms with van der Waals surface area (Å²) in [6, 6.07) is 0. The average Bonchev–Trinajstić information content (AvgIpc) is 3.02. The third-order valence-electron chi connectivity index (χ3n) is 6.16. The number of hydrogen-bond acceptors (Lipinski definition) is 3. The second-order valence-corrected chi connectivity index (χ2v) is 7.12. The van der Waals surface area contributed by atoms with E-state index in [1.54, 1.807) is 13.8 Å². The Morgan fingerprint density at radius 2 is 0.944 bits per heavy atom. The van der Waals surface area contributed by atoms with Crippen LogP contribution >= 0.6 is 0 Å². The van der Waals surface area contributed by atoms with Gasteiger partial charge in [-0.15, -0.1) is 0 Å². The van der Waals surface area contributed by atoms with Gasteiger partial charge in [-0.05, 0) is 26.7 Å². The molecule has 2 aliphatic rings. The van der Waals surface area contributed by atoms with Crippen LogP contribution in [-0.2, 0) is 14.4 Å². The van der Waals surface area contributed by atoms with Crippen molar-refractivity contribution in [3.63, 3.8) is 0 Å². The molecular formula is C15H22O3. The first kappa shape index (κ1) is 13.4. The molecule has 0 aromatic rings. The molecule has 0 aromatic carbocycles. The fraction of sp³-hybridized carbons (Fsp3) is 0.800. The lowest BCUT2D eigenvalue weighted by molar-refractivity contribution is -0.136. The van der Waals surface area contributed by atoms with Gasteiger partial charge >= 0.3 is 0 Å². The monoisotopic (exact) mass is 250 g/mol. The van der Waals surface area contributed by atoms with Crippen LogP contribution in [0.5, 0.6) is 0 Å². The van der Waals surface area contributed by atoms with Crippen LogP contribution in [0.15, 0.2) is 0 Å². The molecule has 2 rings (SSSR count). The zero-order valence-electron chi connectivity index (χ0n) is 12.1. The van der Waals surface area contributed by atoms with Gasteiger partial charge in [-0.25, -0.2) is 0 Å². The van der Waals surface area contributed by atoms with E-state index in [1.807, 2.05) is 27.7 Å². The maximum Gasteiger partial charge on any atom is 0.146 e. The molecule has 18 heavy (non-hydrogen) atoms. The Morgan fingerprint density at radius 1 is 0.667 bits per heavy atom. The smallest absolute Gasteiger partial charge is 0.146 e. The van der Waals surface area contributed by atoms with E-state index in [0.29, 0.717) is 12.8 Å². The topological polar surface area (TPSA) is 51.2 Å². The normalized spacial score (nSPS) is 49.7. The van der Waals surface area contributed by atoms with E-state index in [9.17, 15) is 14.4 Å². The first-order valence-electron chi connectivity index (χ1n) is 6.53. The van der Waals surface area contributed by atoms with Crippen LogP contribution in [0.2, 0.25) is 0 Å². The summed E-state index contributed by atoms with van der Waals surface area (Å²) in [7, 11) is 0. The molecule has 2 saturated carbocycles. The highest BCUT2D eigenvalue weighted by Crippen LogP contribution is 2.74. The van der Waals surface area contributed by atoms with Gasteiger partial charge in [0, 0.05) is 21.7 Å². The minimum Gasteiger partial charge on any atom is -0.299 e. The summed E-state index contributed by atoms with van der Waals surface area (Å²) in [6.45, 7) is 10.6. The Balaban J connectivity index is 2.27. The van der Waals surface area contributed by atoms with Gasteiger partial charge in [0.25, 0.3) is 0 Å². The van der Waals surface area contributed by atoms with Crippen LogP contribution in [0.4, 0.5) is 0 Å². The molecule has 0 spiro atoms. The molecule has 4 atom stereocenters. The van der Waals surface area contributed by atoms with Crippen molar-refractivity contribution in [1.82, 2.24) is 0 Å². The van der Waals surface area contributed by atoms with E-state index < -0.39 is 21.7 Å². The lowest BCUT2D eigenvalue weighted by Crippen LogP contribution is -2.33. The Bertz CT molecular complexity index is 438. The molecule has 0 saturated heterocycles. The SMILES string of the molecule is CC(=O)C1(C)CC1(C)C(=O)C1(C)CC1(C)C(C)=O. The molecule has 0 N–H and O–H groups in total. The van der Waals surface area contributed by atoms with Crippen LogP contribution in [0.3, 0.4) is 0 Å². The molecule has 2 fully saturated rings. The molecule has 4 unspecified atom stereocenters. The van der Waals surface area contributed by atoms with Crippen molar-refractivity contribution in [2.24, 2.45) is 21.7 Å². The van der Waals surface area contributed by atoms with Gasteiger partial charge in [-0.1, -0.05) is 27.7 Å². The van der Waals surface area contributed by atoms with Gasteiger partial charge in [0.15, 0.2) is 0 Å². The highest BCUT2D eigenvalue weighted by atomic mass is 16.2. The third kappa shape index (κ3) is 1.23. The molecule has 2 aliphatic carbocycles. The summed E-state index contributed by atoms with van der Waals surface area (Å²) in [6.07, 6.45) is 1.25. The molecular weight excluding hydrogens is 228 g/mol. The molecule has 0 aromatic heterocycles. The van der Waals surface area contributed by atoms with Crippen molar-refractivity contribution in [2.75, 3.05) is 0 Å². The van der Waals surface area contributed by atoms with E-state index >= 15 is 0 Å². The zero-order chi connectivity index (χ0) is 14.1. The lowest BCUT2D eigenvalue weighted by atomic mass is 9.78.